The lowest BCUT2D eigenvalue weighted by molar-refractivity contribution is 0.296. The summed E-state index contributed by atoms with van der Waals surface area (Å²) in [5.74, 6) is 0.949. The summed E-state index contributed by atoms with van der Waals surface area (Å²) < 4.78 is 0. The molecular formula is C17H28N2. The minimum absolute atomic E-state index is 0.644. The van der Waals surface area contributed by atoms with Gasteiger partial charge in [-0.15, -0.1) is 0 Å². The van der Waals surface area contributed by atoms with Gasteiger partial charge < -0.3 is 5.32 Å². The molecule has 2 nitrogen and oxygen atoms in total. The Bertz CT molecular complexity index is 330. The molecule has 19 heavy (non-hydrogen) atoms. The second-order valence-electron chi connectivity index (χ2n) is 5.95. The fourth-order valence-electron chi connectivity index (χ4n) is 3.22. The molecule has 0 radical (unpaired) electrons. The van der Waals surface area contributed by atoms with Gasteiger partial charge in [0, 0.05) is 18.4 Å². The number of nitrogens with one attached hydrogen (secondary N) is 1. The van der Waals surface area contributed by atoms with E-state index in [4.69, 9.17) is 0 Å². The van der Waals surface area contributed by atoms with Gasteiger partial charge in [0.05, 0.1) is 0 Å². The predicted octanol–water partition coefficient (Wildman–Crippen LogP) is 3.96. The molecule has 0 aliphatic heterocycles. The lowest BCUT2D eigenvalue weighted by Gasteiger charge is -2.27. The number of hydrogen-bond donors (Lipinski definition) is 1. The summed E-state index contributed by atoms with van der Waals surface area (Å²) in [5.41, 5.74) is 1.42. The van der Waals surface area contributed by atoms with Crippen molar-refractivity contribution >= 4 is 0 Å². The average molecular weight is 260 g/mol. The van der Waals surface area contributed by atoms with Gasteiger partial charge in [-0.2, -0.15) is 0 Å². The van der Waals surface area contributed by atoms with E-state index in [9.17, 15) is 0 Å². The largest absolute Gasteiger partial charge is 0.314 e. The van der Waals surface area contributed by atoms with Gasteiger partial charge in [0.2, 0.25) is 0 Å². The molecule has 0 bridgehead atoms. The van der Waals surface area contributed by atoms with Crippen LogP contribution in [0.1, 0.15) is 57.4 Å². The van der Waals surface area contributed by atoms with Crippen molar-refractivity contribution in [2.24, 2.45) is 5.92 Å². The molecule has 1 atom stereocenters. The first-order valence-electron chi connectivity index (χ1n) is 8.00. The van der Waals surface area contributed by atoms with Crippen LogP contribution in [0.3, 0.4) is 0 Å². The zero-order chi connectivity index (χ0) is 13.3. The van der Waals surface area contributed by atoms with E-state index in [1.54, 1.807) is 0 Å². The lowest BCUT2D eigenvalue weighted by Crippen LogP contribution is -2.34. The number of rotatable bonds is 7. The van der Waals surface area contributed by atoms with Crippen LogP contribution < -0.4 is 5.32 Å². The van der Waals surface area contributed by atoms with E-state index in [0.29, 0.717) is 6.04 Å². The fourth-order valence-corrected chi connectivity index (χ4v) is 3.22. The maximum atomic E-state index is 4.11. The first-order valence-corrected chi connectivity index (χ1v) is 8.00. The molecule has 1 aliphatic carbocycles. The van der Waals surface area contributed by atoms with Gasteiger partial charge in [0.15, 0.2) is 0 Å². The Hall–Kier alpha value is -0.890. The van der Waals surface area contributed by atoms with E-state index >= 15 is 0 Å². The Morgan fingerprint density at radius 3 is 2.63 bits per heavy atom. The molecule has 1 fully saturated rings. The van der Waals surface area contributed by atoms with Crippen molar-refractivity contribution in [1.82, 2.24) is 10.3 Å². The predicted molar refractivity (Wildman–Crippen MR) is 81.2 cm³/mol. The van der Waals surface area contributed by atoms with Crippen molar-refractivity contribution in [1.29, 1.82) is 0 Å². The molecule has 1 saturated carbocycles. The summed E-state index contributed by atoms with van der Waals surface area (Å²) in [6.45, 7) is 3.39. The molecule has 0 saturated heterocycles. The Kier molecular flexibility index (Phi) is 6.35. The topological polar surface area (TPSA) is 24.9 Å². The van der Waals surface area contributed by atoms with Crippen molar-refractivity contribution in [2.75, 3.05) is 6.54 Å². The number of aromatic nitrogens is 1. The molecule has 1 aromatic rings. The molecule has 1 aliphatic rings. The quantitative estimate of drug-likeness (QED) is 0.802. The van der Waals surface area contributed by atoms with E-state index in [2.05, 4.69) is 29.4 Å². The second kappa shape index (κ2) is 8.31. The minimum Gasteiger partial charge on any atom is -0.314 e. The Balaban J connectivity index is 1.87. The number of pyridine rings is 1. The smallest absolute Gasteiger partial charge is 0.0270 e. The monoisotopic (exact) mass is 260 g/mol. The van der Waals surface area contributed by atoms with Gasteiger partial charge in [-0.1, -0.05) is 39.0 Å². The summed E-state index contributed by atoms with van der Waals surface area (Å²) in [4.78, 5) is 4.11. The lowest BCUT2D eigenvalue weighted by atomic mass is 9.83. The van der Waals surface area contributed by atoms with Gasteiger partial charge in [-0.05, 0) is 49.4 Å². The zero-order valence-electron chi connectivity index (χ0n) is 12.3. The van der Waals surface area contributed by atoms with Crippen LogP contribution in [0, 0.1) is 5.92 Å². The Labute approximate surface area is 118 Å². The normalized spacial score (nSPS) is 18.4. The summed E-state index contributed by atoms with van der Waals surface area (Å²) in [6.07, 6.45) is 14.8. The molecule has 2 rings (SSSR count). The molecule has 0 spiro atoms. The highest BCUT2D eigenvalue weighted by Crippen LogP contribution is 2.28. The van der Waals surface area contributed by atoms with Crippen LogP contribution in [-0.2, 0) is 6.42 Å². The average Bonchev–Trinajstić information content (AvgIpc) is 2.47. The molecule has 106 valence electrons. The van der Waals surface area contributed by atoms with Crippen molar-refractivity contribution < 1.29 is 0 Å². The van der Waals surface area contributed by atoms with Gasteiger partial charge >= 0.3 is 0 Å². The summed E-state index contributed by atoms with van der Waals surface area (Å²) in [5, 5.41) is 3.74. The highest BCUT2D eigenvalue weighted by Gasteiger charge is 2.18. The summed E-state index contributed by atoms with van der Waals surface area (Å²) in [7, 11) is 0. The van der Waals surface area contributed by atoms with E-state index < -0.39 is 0 Å². The minimum atomic E-state index is 0.644. The molecular weight excluding hydrogens is 232 g/mol. The molecule has 0 aromatic carbocycles. The third kappa shape index (κ3) is 5.32. The fraction of sp³-hybridized carbons (Fsp3) is 0.706. The van der Waals surface area contributed by atoms with Gasteiger partial charge in [0.1, 0.15) is 0 Å². The van der Waals surface area contributed by atoms with Gasteiger partial charge in [0.25, 0.3) is 0 Å². The first-order chi connectivity index (χ1) is 9.38. The van der Waals surface area contributed by atoms with Crippen LogP contribution in [-0.4, -0.2) is 17.6 Å². The standard InChI is InChI=1S/C17H28N2/c1-2-10-19-17(13-15-6-4-3-5-7-15)14-16-8-11-18-12-9-16/h8-9,11-12,15,17,19H,2-7,10,13-14H2,1H3. The van der Waals surface area contributed by atoms with E-state index in [0.717, 1.165) is 18.9 Å². The van der Waals surface area contributed by atoms with Gasteiger partial charge in [-0.3, -0.25) is 4.98 Å². The van der Waals surface area contributed by atoms with Crippen molar-refractivity contribution in [2.45, 2.75) is 64.3 Å². The highest BCUT2D eigenvalue weighted by atomic mass is 14.9. The second-order valence-corrected chi connectivity index (χ2v) is 5.95. The molecule has 1 N–H and O–H groups in total. The third-order valence-electron chi connectivity index (χ3n) is 4.26. The van der Waals surface area contributed by atoms with Crippen molar-refractivity contribution in [3.05, 3.63) is 30.1 Å². The van der Waals surface area contributed by atoms with E-state index in [1.807, 2.05) is 12.4 Å². The number of nitrogens with zero attached hydrogens (tertiary/aromatic N) is 1. The Morgan fingerprint density at radius 1 is 1.21 bits per heavy atom. The third-order valence-corrected chi connectivity index (χ3v) is 4.26. The zero-order valence-corrected chi connectivity index (χ0v) is 12.3. The van der Waals surface area contributed by atoms with Gasteiger partial charge in [-0.25, -0.2) is 0 Å². The molecule has 1 aromatic heterocycles. The van der Waals surface area contributed by atoms with Crippen LogP contribution in [0.25, 0.3) is 0 Å². The van der Waals surface area contributed by atoms with E-state index in [-0.39, 0.29) is 0 Å². The first kappa shape index (κ1) is 14.5. The van der Waals surface area contributed by atoms with Crippen molar-refractivity contribution in [3.63, 3.8) is 0 Å². The molecule has 1 heterocycles. The number of hydrogen-bond acceptors (Lipinski definition) is 2. The molecule has 2 heteroatoms. The maximum Gasteiger partial charge on any atom is 0.0270 e. The van der Waals surface area contributed by atoms with E-state index in [1.165, 1.54) is 50.5 Å². The molecule has 1 unspecified atom stereocenters. The summed E-state index contributed by atoms with van der Waals surface area (Å²) in [6, 6.07) is 4.95. The maximum absolute atomic E-state index is 4.11. The van der Waals surface area contributed by atoms with Crippen LogP contribution in [0.2, 0.25) is 0 Å². The van der Waals surface area contributed by atoms with Crippen LogP contribution in [0.15, 0.2) is 24.5 Å². The van der Waals surface area contributed by atoms with Crippen LogP contribution in [0.4, 0.5) is 0 Å². The van der Waals surface area contributed by atoms with Crippen LogP contribution >= 0.6 is 0 Å². The highest BCUT2D eigenvalue weighted by molar-refractivity contribution is 5.11. The Morgan fingerprint density at radius 2 is 1.95 bits per heavy atom. The summed E-state index contributed by atoms with van der Waals surface area (Å²) >= 11 is 0. The molecule has 0 amide bonds. The SMILES string of the molecule is CCCNC(Cc1ccncc1)CC1CCCCC1. The van der Waals surface area contributed by atoms with Crippen LogP contribution in [0.5, 0.6) is 0 Å². The van der Waals surface area contributed by atoms with Crippen molar-refractivity contribution in [3.8, 4) is 0 Å².